The van der Waals surface area contributed by atoms with Crippen LogP contribution < -0.4 is 9.47 Å². The molecule has 0 aliphatic heterocycles. The molecule has 0 radical (unpaired) electrons. The molecule has 0 fully saturated rings. The number of esters is 1. The molecule has 0 N–H and O–H groups in total. The fourth-order valence-electron chi connectivity index (χ4n) is 3.81. The Hall–Kier alpha value is -4.01. The summed E-state index contributed by atoms with van der Waals surface area (Å²) in [5.41, 5.74) is 0.995. The lowest BCUT2D eigenvalue weighted by molar-refractivity contribution is -0.140. The van der Waals surface area contributed by atoms with Crippen LogP contribution in [0.15, 0.2) is 66.7 Å². The quantitative estimate of drug-likeness (QED) is 0.333. The van der Waals surface area contributed by atoms with Crippen LogP contribution in [0.3, 0.4) is 0 Å². The molecule has 0 saturated heterocycles. The molecular weight excluding hydrogens is 487 g/mol. The van der Waals surface area contributed by atoms with Crippen molar-refractivity contribution in [2.24, 2.45) is 0 Å². The molecule has 0 unspecified atom stereocenters. The molecule has 37 heavy (non-hydrogen) atoms. The predicted molar refractivity (Wildman–Crippen MR) is 132 cm³/mol. The minimum Gasteiger partial charge on any atom is -0.496 e. The summed E-state index contributed by atoms with van der Waals surface area (Å²) in [5.74, 6) is 0.0984. The molecule has 0 saturated carbocycles. The van der Waals surface area contributed by atoms with Crippen LogP contribution in [0.1, 0.15) is 23.6 Å². The van der Waals surface area contributed by atoms with E-state index in [0.717, 1.165) is 12.1 Å². The van der Waals surface area contributed by atoms with Crippen molar-refractivity contribution in [1.29, 1.82) is 0 Å². The van der Waals surface area contributed by atoms with E-state index in [9.17, 15) is 22.8 Å². The molecule has 0 bridgehead atoms. The topological polar surface area (TPSA) is 65.1 Å². The summed E-state index contributed by atoms with van der Waals surface area (Å²) in [6.45, 7) is 1.65. The Labute approximate surface area is 213 Å². The zero-order valence-electron chi connectivity index (χ0n) is 20.8. The highest BCUT2D eigenvalue weighted by Crippen LogP contribution is 2.38. The van der Waals surface area contributed by atoms with Crippen LogP contribution in [-0.2, 0) is 33.5 Å². The summed E-state index contributed by atoms with van der Waals surface area (Å²) in [6, 6.07) is 17.2. The molecule has 0 aromatic heterocycles. The molecule has 6 nitrogen and oxygen atoms in total. The Kier molecular flexibility index (Phi) is 9.16. The molecule has 3 aromatic rings. The van der Waals surface area contributed by atoms with Crippen LogP contribution in [0.2, 0.25) is 0 Å². The first-order valence-corrected chi connectivity index (χ1v) is 11.6. The number of halogens is 3. The number of carbonyl (C=O) groups excluding carboxylic acids is 2. The maximum absolute atomic E-state index is 13.6. The molecule has 3 rings (SSSR count). The second-order valence-corrected chi connectivity index (χ2v) is 8.17. The SMILES string of the molecule is CCN(Cc1cc(C(F)(F)F)ccc1-c1cc(CC(=O)OC)ccc1OC)C(=O)COc1ccccc1. The Morgan fingerprint density at radius 3 is 2.27 bits per heavy atom. The number of ether oxygens (including phenoxy) is 3. The van der Waals surface area contributed by atoms with Gasteiger partial charge in [0.05, 0.1) is 26.2 Å². The minimum absolute atomic E-state index is 0.0140. The maximum Gasteiger partial charge on any atom is 0.416 e. The monoisotopic (exact) mass is 515 g/mol. The van der Waals surface area contributed by atoms with Gasteiger partial charge in [0.1, 0.15) is 11.5 Å². The summed E-state index contributed by atoms with van der Waals surface area (Å²) in [5, 5.41) is 0. The van der Waals surface area contributed by atoms with Crippen molar-refractivity contribution in [3.63, 3.8) is 0 Å². The van der Waals surface area contributed by atoms with Crippen LogP contribution in [-0.4, -0.2) is 44.1 Å². The molecule has 3 aromatic carbocycles. The smallest absolute Gasteiger partial charge is 0.416 e. The van der Waals surface area contributed by atoms with E-state index >= 15 is 0 Å². The second-order valence-electron chi connectivity index (χ2n) is 8.17. The van der Waals surface area contributed by atoms with E-state index in [-0.39, 0.29) is 37.6 Å². The van der Waals surface area contributed by atoms with Crippen LogP contribution in [0.5, 0.6) is 11.5 Å². The first kappa shape index (κ1) is 27.6. The number of rotatable bonds is 10. The Bertz CT molecular complexity index is 1230. The number of hydrogen-bond acceptors (Lipinski definition) is 5. The molecular formula is C28H28F3NO5. The van der Waals surface area contributed by atoms with E-state index in [2.05, 4.69) is 0 Å². The highest BCUT2D eigenvalue weighted by atomic mass is 19.4. The maximum atomic E-state index is 13.6. The highest BCUT2D eigenvalue weighted by Gasteiger charge is 2.31. The number of hydrogen-bond donors (Lipinski definition) is 0. The average Bonchev–Trinajstić information content (AvgIpc) is 2.90. The van der Waals surface area contributed by atoms with Crippen molar-refractivity contribution >= 4 is 11.9 Å². The molecule has 0 aliphatic rings. The largest absolute Gasteiger partial charge is 0.496 e. The van der Waals surface area contributed by atoms with E-state index in [1.54, 1.807) is 49.4 Å². The van der Waals surface area contributed by atoms with Gasteiger partial charge in [-0.25, -0.2) is 0 Å². The average molecular weight is 516 g/mol. The van der Waals surface area contributed by atoms with Gasteiger partial charge < -0.3 is 19.1 Å². The highest BCUT2D eigenvalue weighted by molar-refractivity contribution is 5.80. The Morgan fingerprint density at radius 2 is 1.65 bits per heavy atom. The number of benzene rings is 3. The fraction of sp³-hybridized carbons (Fsp3) is 0.286. The van der Waals surface area contributed by atoms with Gasteiger partial charge in [-0.2, -0.15) is 13.2 Å². The van der Waals surface area contributed by atoms with Gasteiger partial charge >= 0.3 is 12.1 Å². The van der Waals surface area contributed by atoms with Gasteiger partial charge in [-0.1, -0.05) is 30.3 Å². The number of methoxy groups -OCH3 is 2. The number of para-hydroxylation sites is 1. The molecule has 0 spiro atoms. The van der Waals surface area contributed by atoms with Gasteiger partial charge in [0, 0.05) is 18.7 Å². The number of nitrogens with zero attached hydrogens (tertiary/aromatic N) is 1. The number of likely N-dealkylation sites (N-methyl/N-ethyl adjacent to an activating group) is 1. The summed E-state index contributed by atoms with van der Waals surface area (Å²) >= 11 is 0. The first-order valence-electron chi connectivity index (χ1n) is 11.6. The number of carbonyl (C=O) groups is 2. The Balaban J connectivity index is 1.99. The lowest BCUT2D eigenvalue weighted by atomic mass is 9.94. The first-order chi connectivity index (χ1) is 17.7. The second kappa shape index (κ2) is 12.3. The van der Waals surface area contributed by atoms with Gasteiger partial charge in [-0.3, -0.25) is 9.59 Å². The van der Waals surface area contributed by atoms with Crippen LogP contribution in [0, 0.1) is 0 Å². The van der Waals surface area contributed by atoms with Crippen LogP contribution in [0.25, 0.3) is 11.1 Å². The van der Waals surface area contributed by atoms with Gasteiger partial charge in [0.2, 0.25) is 0 Å². The van der Waals surface area contributed by atoms with Crippen molar-refractivity contribution in [2.45, 2.75) is 26.1 Å². The zero-order chi connectivity index (χ0) is 27.0. The number of alkyl halides is 3. The van der Waals surface area contributed by atoms with Crippen molar-refractivity contribution in [2.75, 3.05) is 27.4 Å². The molecule has 9 heteroatoms. The van der Waals surface area contributed by atoms with Crippen molar-refractivity contribution in [3.05, 3.63) is 83.4 Å². The van der Waals surface area contributed by atoms with Crippen molar-refractivity contribution < 1.29 is 37.0 Å². The summed E-state index contributed by atoms with van der Waals surface area (Å²) in [7, 11) is 2.73. The molecule has 0 atom stereocenters. The van der Waals surface area contributed by atoms with E-state index in [0.29, 0.717) is 28.2 Å². The van der Waals surface area contributed by atoms with E-state index in [1.165, 1.54) is 25.2 Å². The van der Waals surface area contributed by atoms with Crippen LogP contribution in [0.4, 0.5) is 13.2 Å². The molecule has 1 amide bonds. The Morgan fingerprint density at radius 1 is 0.919 bits per heavy atom. The lowest BCUT2D eigenvalue weighted by Gasteiger charge is -2.24. The van der Waals surface area contributed by atoms with Crippen molar-refractivity contribution in [3.8, 4) is 22.6 Å². The predicted octanol–water partition coefficient (Wildman–Crippen LogP) is 5.52. The summed E-state index contributed by atoms with van der Waals surface area (Å²) in [4.78, 5) is 26.1. The third-order valence-electron chi connectivity index (χ3n) is 5.76. The molecule has 0 heterocycles. The molecule has 0 aliphatic carbocycles. The van der Waals surface area contributed by atoms with Gasteiger partial charge in [0.15, 0.2) is 6.61 Å². The minimum atomic E-state index is -4.57. The van der Waals surface area contributed by atoms with E-state index < -0.39 is 17.7 Å². The third kappa shape index (κ3) is 7.25. The van der Waals surface area contributed by atoms with Crippen molar-refractivity contribution in [1.82, 2.24) is 4.90 Å². The number of amides is 1. The zero-order valence-corrected chi connectivity index (χ0v) is 20.8. The normalized spacial score (nSPS) is 11.1. The lowest BCUT2D eigenvalue weighted by Crippen LogP contribution is -2.34. The van der Waals surface area contributed by atoms with Gasteiger partial charge in [-0.15, -0.1) is 0 Å². The van der Waals surface area contributed by atoms with E-state index in [4.69, 9.17) is 14.2 Å². The standard InChI is InChI=1S/C28H28F3NO5/c1-4-32(26(33)18-37-22-8-6-5-7-9-22)17-20-16-21(28(29,30)31)11-12-23(20)24-14-19(15-27(34)36-3)10-13-25(24)35-2/h5-14,16H,4,15,17-18H2,1-3H3. The van der Waals surface area contributed by atoms with Crippen LogP contribution >= 0.6 is 0 Å². The van der Waals surface area contributed by atoms with Gasteiger partial charge in [0.25, 0.3) is 5.91 Å². The molecule has 196 valence electrons. The summed E-state index contributed by atoms with van der Waals surface area (Å²) in [6.07, 6.45) is -4.58. The fourth-order valence-corrected chi connectivity index (χ4v) is 3.81. The van der Waals surface area contributed by atoms with Gasteiger partial charge in [-0.05, 0) is 60.0 Å². The summed E-state index contributed by atoms with van der Waals surface area (Å²) < 4.78 is 56.6. The van der Waals surface area contributed by atoms with E-state index in [1.807, 2.05) is 6.07 Å². The third-order valence-corrected chi connectivity index (χ3v) is 5.76.